The Morgan fingerprint density at radius 2 is 2.42 bits per heavy atom. The fraction of sp³-hybridized carbons (Fsp3) is 0.625. The summed E-state index contributed by atoms with van der Waals surface area (Å²) in [7, 11) is 3.37. The topological polar surface area (TPSA) is 47.3 Å². The van der Waals surface area contributed by atoms with Gasteiger partial charge in [-0.05, 0) is 13.0 Å². The number of aryl methyl sites for hydroxylation is 2. The molecular weight excluding hydrogens is 156 g/mol. The predicted molar refractivity (Wildman–Crippen MR) is 44.8 cm³/mol. The van der Waals surface area contributed by atoms with E-state index in [4.69, 9.17) is 4.74 Å². The van der Waals surface area contributed by atoms with Crippen molar-refractivity contribution < 1.29 is 9.84 Å². The van der Waals surface area contributed by atoms with Gasteiger partial charge in [0.15, 0.2) is 0 Å². The number of methoxy groups -OCH3 is 1. The number of aliphatic hydroxyl groups excluding tert-OH is 1. The standard InChI is InChI=1S/C8H14N2O2/c1-6-4-7(10(2)9-6)8(11)5-12-3/h4,8,11H,5H2,1-3H3. The van der Waals surface area contributed by atoms with Gasteiger partial charge in [0, 0.05) is 14.2 Å². The van der Waals surface area contributed by atoms with Crippen LogP contribution in [0.15, 0.2) is 6.07 Å². The molecule has 4 nitrogen and oxygen atoms in total. The maximum absolute atomic E-state index is 9.53. The number of rotatable bonds is 3. The van der Waals surface area contributed by atoms with Gasteiger partial charge in [0.25, 0.3) is 0 Å². The van der Waals surface area contributed by atoms with E-state index in [1.807, 2.05) is 13.0 Å². The summed E-state index contributed by atoms with van der Waals surface area (Å²) in [5.41, 5.74) is 1.69. The fourth-order valence-corrected chi connectivity index (χ4v) is 1.19. The van der Waals surface area contributed by atoms with Crippen LogP contribution in [0.25, 0.3) is 0 Å². The summed E-state index contributed by atoms with van der Waals surface area (Å²) in [5.74, 6) is 0. The van der Waals surface area contributed by atoms with Crippen molar-refractivity contribution in [2.75, 3.05) is 13.7 Å². The maximum Gasteiger partial charge on any atom is 0.119 e. The van der Waals surface area contributed by atoms with Crippen molar-refractivity contribution >= 4 is 0 Å². The van der Waals surface area contributed by atoms with E-state index in [0.29, 0.717) is 6.61 Å². The fourth-order valence-electron chi connectivity index (χ4n) is 1.19. The van der Waals surface area contributed by atoms with E-state index in [0.717, 1.165) is 11.4 Å². The molecule has 0 radical (unpaired) electrons. The molecule has 0 fully saturated rings. The molecular formula is C8H14N2O2. The SMILES string of the molecule is COCC(O)c1cc(C)nn1C. The molecule has 0 amide bonds. The summed E-state index contributed by atoms with van der Waals surface area (Å²) < 4.78 is 6.50. The van der Waals surface area contributed by atoms with Crippen molar-refractivity contribution in [2.24, 2.45) is 7.05 Å². The summed E-state index contributed by atoms with van der Waals surface area (Å²) in [5, 5.41) is 13.6. The lowest BCUT2D eigenvalue weighted by Gasteiger charge is -2.08. The molecule has 0 aliphatic heterocycles. The van der Waals surface area contributed by atoms with Gasteiger partial charge in [0.1, 0.15) is 6.10 Å². The van der Waals surface area contributed by atoms with Crippen LogP contribution in [-0.2, 0) is 11.8 Å². The molecule has 0 saturated heterocycles. The van der Waals surface area contributed by atoms with E-state index in [-0.39, 0.29) is 0 Å². The van der Waals surface area contributed by atoms with Crippen LogP contribution in [0.4, 0.5) is 0 Å². The van der Waals surface area contributed by atoms with E-state index in [9.17, 15) is 5.11 Å². The minimum atomic E-state index is -0.582. The second kappa shape index (κ2) is 3.69. The molecule has 1 aromatic heterocycles. The molecule has 0 aliphatic rings. The minimum Gasteiger partial charge on any atom is -0.384 e. The highest BCUT2D eigenvalue weighted by atomic mass is 16.5. The molecule has 1 rings (SSSR count). The molecule has 0 spiro atoms. The first-order valence-electron chi connectivity index (χ1n) is 3.82. The van der Waals surface area contributed by atoms with Crippen molar-refractivity contribution in [1.29, 1.82) is 0 Å². The highest BCUT2D eigenvalue weighted by Gasteiger charge is 2.11. The normalized spacial score (nSPS) is 13.3. The molecule has 1 aromatic rings. The summed E-state index contributed by atoms with van der Waals surface area (Å²) in [6.45, 7) is 2.20. The van der Waals surface area contributed by atoms with Crippen LogP contribution in [0.5, 0.6) is 0 Å². The van der Waals surface area contributed by atoms with Gasteiger partial charge in [0.05, 0.1) is 18.0 Å². The van der Waals surface area contributed by atoms with Gasteiger partial charge in [-0.2, -0.15) is 5.10 Å². The van der Waals surface area contributed by atoms with Crippen molar-refractivity contribution in [3.8, 4) is 0 Å². The van der Waals surface area contributed by atoms with E-state index in [2.05, 4.69) is 5.10 Å². The summed E-state index contributed by atoms with van der Waals surface area (Å²) in [6, 6.07) is 1.85. The Labute approximate surface area is 71.8 Å². The first kappa shape index (κ1) is 9.22. The largest absolute Gasteiger partial charge is 0.384 e. The second-order valence-electron chi connectivity index (χ2n) is 2.81. The summed E-state index contributed by atoms with van der Waals surface area (Å²) in [4.78, 5) is 0. The molecule has 1 N–H and O–H groups in total. The smallest absolute Gasteiger partial charge is 0.119 e. The predicted octanol–water partition coefficient (Wildman–Crippen LogP) is 0.408. The number of hydrogen-bond acceptors (Lipinski definition) is 3. The van der Waals surface area contributed by atoms with E-state index in [1.54, 1.807) is 18.8 Å². The lowest BCUT2D eigenvalue weighted by molar-refractivity contribution is 0.0593. The minimum absolute atomic E-state index is 0.305. The van der Waals surface area contributed by atoms with Gasteiger partial charge < -0.3 is 9.84 Å². The molecule has 4 heteroatoms. The third kappa shape index (κ3) is 1.84. The number of aliphatic hydroxyl groups is 1. The van der Waals surface area contributed by atoms with Crippen LogP contribution in [0, 0.1) is 6.92 Å². The van der Waals surface area contributed by atoms with Crippen molar-refractivity contribution in [3.05, 3.63) is 17.5 Å². The monoisotopic (exact) mass is 170 g/mol. The quantitative estimate of drug-likeness (QED) is 0.714. The molecule has 0 saturated carbocycles. The van der Waals surface area contributed by atoms with Crippen LogP contribution >= 0.6 is 0 Å². The van der Waals surface area contributed by atoms with Gasteiger partial charge in [0.2, 0.25) is 0 Å². The Kier molecular flexibility index (Phi) is 2.83. The molecule has 0 bridgehead atoms. The Bertz CT molecular complexity index is 258. The lowest BCUT2D eigenvalue weighted by atomic mass is 10.2. The highest BCUT2D eigenvalue weighted by Crippen LogP contribution is 2.12. The van der Waals surface area contributed by atoms with Crippen LogP contribution in [0.3, 0.4) is 0 Å². The first-order chi connectivity index (χ1) is 5.65. The highest BCUT2D eigenvalue weighted by molar-refractivity contribution is 5.11. The zero-order valence-electron chi connectivity index (χ0n) is 7.61. The maximum atomic E-state index is 9.53. The number of hydrogen-bond donors (Lipinski definition) is 1. The zero-order valence-corrected chi connectivity index (χ0v) is 7.61. The second-order valence-corrected chi connectivity index (χ2v) is 2.81. The molecule has 0 aromatic carbocycles. The number of ether oxygens (including phenoxy) is 1. The average Bonchev–Trinajstić information content (AvgIpc) is 2.30. The Morgan fingerprint density at radius 3 is 2.83 bits per heavy atom. The molecule has 68 valence electrons. The van der Waals surface area contributed by atoms with E-state index >= 15 is 0 Å². The van der Waals surface area contributed by atoms with Crippen molar-refractivity contribution in [2.45, 2.75) is 13.0 Å². The van der Waals surface area contributed by atoms with E-state index in [1.165, 1.54) is 0 Å². The number of nitrogens with zero attached hydrogens (tertiary/aromatic N) is 2. The summed E-state index contributed by atoms with van der Waals surface area (Å²) in [6.07, 6.45) is -0.582. The van der Waals surface area contributed by atoms with Crippen LogP contribution in [0.2, 0.25) is 0 Å². The molecule has 1 heterocycles. The third-order valence-electron chi connectivity index (χ3n) is 1.70. The zero-order chi connectivity index (χ0) is 9.14. The van der Waals surface area contributed by atoms with Gasteiger partial charge in [-0.3, -0.25) is 4.68 Å². The molecule has 1 atom stereocenters. The van der Waals surface area contributed by atoms with Gasteiger partial charge in [-0.25, -0.2) is 0 Å². The first-order valence-corrected chi connectivity index (χ1v) is 3.82. The molecule has 0 aliphatic carbocycles. The van der Waals surface area contributed by atoms with Gasteiger partial charge >= 0.3 is 0 Å². The Balaban J connectivity index is 2.79. The Morgan fingerprint density at radius 1 is 1.75 bits per heavy atom. The van der Waals surface area contributed by atoms with Gasteiger partial charge in [-0.15, -0.1) is 0 Å². The third-order valence-corrected chi connectivity index (χ3v) is 1.70. The average molecular weight is 170 g/mol. The lowest BCUT2D eigenvalue weighted by Crippen LogP contribution is -2.10. The van der Waals surface area contributed by atoms with Crippen molar-refractivity contribution in [3.63, 3.8) is 0 Å². The van der Waals surface area contributed by atoms with E-state index < -0.39 is 6.10 Å². The van der Waals surface area contributed by atoms with Crippen LogP contribution in [-0.4, -0.2) is 28.6 Å². The number of aromatic nitrogens is 2. The van der Waals surface area contributed by atoms with Crippen molar-refractivity contribution in [1.82, 2.24) is 9.78 Å². The summed E-state index contributed by atoms with van der Waals surface area (Å²) >= 11 is 0. The molecule has 12 heavy (non-hydrogen) atoms. The molecule has 1 unspecified atom stereocenters. The van der Waals surface area contributed by atoms with Gasteiger partial charge in [-0.1, -0.05) is 0 Å². The van der Waals surface area contributed by atoms with Crippen LogP contribution in [0.1, 0.15) is 17.5 Å². The Hall–Kier alpha value is -0.870. The van der Waals surface area contributed by atoms with Crippen LogP contribution < -0.4 is 0 Å².